The van der Waals surface area contributed by atoms with Crippen molar-refractivity contribution in [1.82, 2.24) is 15.5 Å². The van der Waals surface area contributed by atoms with Gasteiger partial charge in [-0.2, -0.15) is 4.98 Å². The van der Waals surface area contributed by atoms with Crippen LogP contribution in [0.2, 0.25) is 0 Å². The van der Waals surface area contributed by atoms with Crippen molar-refractivity contribution >= 4 is 0 Å². The Labute approximate surface area is 135 Å². The van der Waals surface area contributed by atoms with Crippen LogP contribution in [0, 0.1) is 6.92 Å². The summed E-state index contributed by atoms with van der Waals surface area (Å²) in [6.45, 7) is 6.78. The summed E-state index contributed by atoms with van der Waals surface area (Å²) >= 11 is 0. The predicted octanol–water partition coefficient (Wildman–Crippen LogP) is 1.69. The van der Waals surface area contributed by atoms with E-state index in [1.54, 1.807) is 31.2 Å². The van der Waals surface area contributed by atoms with Crippen molar-refractivity contribution in [2.45, 2.75) is 39.5 Å². The van der Waals surface area contributed by atoms with Gasteiger partial charge in [0.25, 0.3) is 5.89 Å². The van der Waals surface area contributed by atoms with E-state index < -0.39 is 6.10 Å². The molecule has 0 fully saturated rings. The quantitative estimate of drug-likeness (QED) is 0.726. The van der Waals surface area contributed by atoms with Crippen LogP contribution in [0.1, 0.15) is 25.6 Å². The standard InChI is InChI=1S/C16H23N3O4/c1-11(2)17-8-13(20)9-21-14-4-6-15(7-5-14)22-10-16-18-12(3)19-23-16/h4-7,11,13,17,20H,8-10H2,1-3H3. The Hall–Kier alpha value is -2.12. The third-order valence-electron chi connectivity index (χ3n) is 2.96. The summed E-state index contributed by atoms with van der Waals surface area (Å²) < 4.78 is 16.0. The number of benzene rings is 1. The highest BCUT2D eigenvalue weighted by atomic mass is 16.5. The van der Waals surface area contributed by atoms with Gasteiger partial charge in [0.1, 0.15) is 24.2 Å². The number of hydrogen-bond acceptors (Lipinski definition) is 7. The molecule has 0 aliphatic rings. The average Bonchev–Trinajstić information content (AvgIpc) is 2.95. The number of hydrogen-bond donors (Lipinski definition) is 2. The maximum atomic E-state index is 9.79. The second kappa shape index (κ2) is 8.50. The summed E-state index contributed by atoms with van der Waals surface area (Å²) in [7, 11) is 0. The molecule has 0 amide bonds. The number of ether oxygens (including phenoxy) is 2. The molecule has 0 aliphatic carbocycles. The highest BCUT2D eigenvalue weighted by molar-refractivity contribution is 5.31. The number of nitrogens with one attached hydrogen (secondary N) is 1. The van der Waals surface area contributed by atoms with E-state index in [1.807, 2.05) is 13.8 Å². The Morgan fingerprint density at radius 1 is 1.17 bits per heavy atom. The number of aliphatic hydroxyl groups excluding tert-OH is 1. The van der Waals surface area contributed by atoms with Gasteiger partial charge >= 0.3 is 0 Å². The Morgan fingerprint density at radius 3 is 2.39 bits per heavy atom. The first kappa shape index (κ1) is 17.2. The number of nitrogens with zero attached hydrogens (tertiary/aromatic N) is 2. The molecule has 0 saturated carbocycles. The molecular weight excluding hydrogens is 298 g/mol. The van der Waals surface area contributed by atoms with E-state index in [4.69, 9.17) is 14.0 Å². The molecule has 0 bridgehead atoms. The van der Waals surface area contributed by atoms with E-state index in [-0.39, 0.29) is 13.2 Å². The van der Waals surface area contributed by atoms with Crippen LogP contribution in [0.15, 0.2) is 28.8 Å². The van der Waals surface area contributed by atoms with Gasteiger partial charge in [0.05, 0.1) is 0 Å². The minimum atomic E-state index is -0.547. The van der Waals surface area contributed by atoms with Gasteiger partial charge in [0, 0.05) is 12.6 Å². The monoisotopic (exact) mass is 321 g/mol. The van der Waals surface area contributed by atoms with Crippen LogP contribution in [0.3, 0.4) is 0 Å². The van der Waals surface area contributed by atoms with E-state index >= 15 is 0 Å². The molecule has 0 saturated heterocycles. The molecule has 1 aromatic carbocycles. The maximum Gasteiger partial charge on any atom is 0.264 e. The number of aromatic nitrogens is 2. The van der Waals surface area contributed by atoms with Crippen LogP contribution < -0.4 is 14.8 Å². The van der Waals surface area contributed by atoms with E-state index in [9.17, 15) is 5.11 Å². The largest absolute Gasteiger partial charge is 0.491 e. The molecular formula is C16H23N3O4. The van der Waals surface area contributed by atoms with Crippen molar-refractivity contribution in [1.29, 1.82) is 0 Å². The van der Waals surface area contributed by atoms with Gasteiger partial charge < -0.3 is 24.4 Å². The molecule has 1 atom stereocenters. The van der Waals surface area contributed by atoms with Crippen LogP contribution in [0.5, 0.6) is 11.5 Å². The highest BCUT2D eigenvalue weighted by Gasteiger charge is 2.07. The van der Waals surface area contributed by atoms with E-state index in [0.29, 0.717) is 35.8 Å². The van der Waals surface area contributed by atoms with Gasteiger partial charge in [0.15, 0.2) is 12.4 Å². The summed E-state index contributed by atoms with van der Waals surface area (Å²) in [5, 5.41) is 16.6. The smallest absolute Gasteiger partial charge is 0.264 e. The zero-order valence-electron chi connectivity index (χ0n) is 13.7. The van der Waals surface area contributed by atoms with Crippen LogP contribution in [0.25, 0.3) is 0 Å². The molecule has 1 heterocycles. The second-order valence-electron chi connectivity index (χ2n) is 5.52. The van der Waals surface area contributed by atoms with Crippen molar-refractivity contribution in [3.05, 3.63) is 36.0 Å². The van der Waals surface area contributed by atoms with Gasteiger partial charge in [-0.1, -0.05) is 19.0 Å². The highest BCUT2D eigenvalue weighted by Crippen LogP contribution is 2.18. The van der Waals surface area contributed by atoms with Gasteiger partial charge in [-0.25, -0.2) is 0 Å². The van der Waals surface area contributed by atoms with E-state index in [2.05, 4.69) is 15.5 Å². The lowest BCUT2D eigenvalue weighted by molar-refractivity contribution is 0.104. The average molecular weight is 321 g/mol. The third-order valence-corrected chi connectivity index (χ3v) is 2.96. The third kappa shape index (κ3) is 6.25. The summed E-state index contributed by atoms with van der Waals surface area (Å²) in [6.07, 6.45) is -0.547. The van der Waals surface area contributed by atoms with Gasteiger partial charge in [-0.3, -0.25) is 0 Å². The van der Waals surface area contributed by atoms with Crippen molar-refractivity contribution in [3.8, 4) is 11.5 Å². The molecule has 7 nitrogen and oxygen atoms in total. The molecule has 0 spiro atoms. The number of aryl methyl sites for hydroxylation is 1. The first-order valence-corrected chi connectivity index (χ1v) is 7.59. The Morgan fingerprint density at radius 2 is 1.83 bits per heavy atom. The van der Waals surface area contributed by atoms with E-state index in [0.717, 1.165) is 0 Å². The van der Waals surface area contributed by atoms with E-state index in [1.165, 1.54) is 0 Å². The zero-order valence-corrected chi connectivity index (χ0v) is 13.7. The molecule has 7 heteroatoms. The molecule has 0 aliphatic heterocycles. The summed E-state index contributed by atoms with van der Waals surface area (Å²) in [5.74, 6) is 2.37. The molecule has 1 unspecified atom stereocenters. The Kier molecular flexibility index (Phi) is 6.37. The molecule has 2 rings (SSSR count). The SMILES string of the molecule is Cc1noc(COc2ccc(OCC(O)CNC(C)C)cc2)n1. The van der Waals surface area contributed by atoms with Crippen LogP contribution in [0.4, 0.5) is 0 Å². The lowest BCUT2D eigenvalue weighted by atomic mass is 10.3. The van der Waals surface area contributed by atoms with Gasteiger partial charge in [0.2, 0.25) is 0 Å². The molecule has 23 heavy (non-hydrogen) atoms. The molecule has 0 radical (unpaired) electrons. The molecule has 1 aromatic heterocycles. The number of rotatable bonds is 9. The summed E-state index contributed by atoms with van der Waals surface area (Å²) in [5.41, 5.74) is 0. The lowest BCUT2D eigenvalue weighted by Crippen LogP contribution is -2.35. The Balaban J connectivity index is 1.73. The first-order chi connectivity index (χ1) is 11.0. The Bertz CT molecular complexity index is 583. The van der Waals surface area contributed by atoms with Crippen molar-refractivity contribution in [2.75, 3.05) is 13.2 Å². The minimum Gasteiger partial charge on any atom is -0.491 e. The van der Waals surface area contributed by atoms with Crippen molar-refractivity contribution in [2.24, 2.45) is 0 Å². The fourth-order valence-corrected chi connectivity index (χ4v) is 1.80. The number of aliphatic hydroxyl groups is 1. The first-order valence-electron chi connectivity index (χ1n) is 7.59. The lowest BCUT2D eigenvalue weighted by Gasteiger charge is -2.15. The van der Waals surface area contributed by atoms with Gasteiger partial charge in [-0.05, 0) is 31.2 Å². The molecule has 2 aromatic rings. The van der Waals surface area contributed by atoms with Crippen LogP contribution >= 0.6 is 0 Å². The molecule has 2 N–H and O–H groups in total. The minimum absolute atomic E-state index is 0.223. The maximum absolute atomic E-state index is 9.79. The topological polar surface area (TPSA) is 89.6 Å². The van der Waals surface area contributed by atoms with Crippen molar-refractivity contribution < 1.29 is 19.1 Å². The van der Waals surface area contributed by atoms with Crippen molar-refractivity contribution in [3.63, 3.8) is 0 Å². The van der Waals surface area contributed by atoms with Crippen LogP contribution in [-0.4, -0.2) is 40.5 Å². The summed E-state index contributed by atoms with van der Waals surface area (Å²) in [6, 6.07) is 7.49. The fraction of sp³-hybridized carbons (Fsp3) is 0.500. The van der Waals surface area contributed by atoms with Crippen LogP contribution in [-0.2, 0) is 6.61 Å². The normalized spacial score (nSPS) is 12.4. The zero-order chi connectivity index (χ0) is 16.7. The fourth-order valence-electron chi connectivity index (χ4n) is 1.80. The second-order valence-corrected chi connectivity index (χ2v) is 5.52. The molecule has 126 valence electrons. The van der Waals surface area contributed by atoms with Gasteiger partial charge in [-0.15, -0.1) is 0 Å². The summed E-state index contributed by atoms with van der Waals surface area (Å²) in [4.78, 5) is 4.06. The predicted molar refractivity (Wildman–Crippen MR) is 84.4 cm³/mol.